The monoisotopic (exact) mass is 212 g/mol. The minimum Gasteiger partial charge on any atom is -0.393 e. The molecule has 1 saturated carbocycles. The largest absolute Gasteiger partial charge is 0.393 e. The molecule has 1 amide bonds. The molecule has 1 unspecified atom stereocenters. The van der Waals surface area contributed by atoms with Crippen molar-refractivity contribution >= 4 is 5.91 Å². The zero-order chi connectivity index (χ0) is 10.7. The van der Waals surface area contributed by atoms with Crippen LogP contribution < -0.4 is 10.6 Å². The molecule has 0 bridgehead atoms. The van der Waals surface area contributed by atoms with Crippen molar-refractivity contribution in [2.45, 2.75) is 31.8 Å². The van der Waals surface area contributed by atoms with Crippen molar-refractivity contribution in [2.75, 3.05) is 19.6 Å². The Bertz CT molecular complexity index is 221. The summed E-state index contributed by atoms with van der Waals surface area (Å²) < 4.78 is 0. The van der Waals surface area contributed by atoms with Gasteiger partial charge in [0.25, 0.3) is 0 Å². The topological polar surface area (TPSA) is 61.4 Å². The summed E-state index contributed by atoms with van der Waals surface area (Å²) in [6.07, 6.45) is 3.36. The van der Waals surface area contributed by atoms with Crippen LogP contribution >= 0.6 is 0 Å². The molecule has 1 saturated heterocycles. The third kappa shape index (κ3) is 3.18. The highest BCUT2D eigenvalue weighted by Crippen LogP contribution is 2.26. The maximum absolute atomic E-state index is 11.5. The first kappa shape index (κ1) is 10.9. The van der Waals surface area contributed by atoms with Crippen LogP contribution in [-0.4, -0.2) is 36.8 Å². The van der Waals surface area contributed by atoms with Crippen molar-refractivity contribution in [1.82, 2.24) is 10.6 Å². The maximum atomic E-state index is 11.5. The van der Waals surface area contributed by atoms with Gasteiger partial charge in [-0.25, -0.2) is 0 Å². The fraction of sp³-hybridized carbons (Fsp3) is 0.909. The third-order valence-corrected chi connectivity index (χ3v) is 3.44. The lowest BCUT2D eigenvalue weighted by Gasteiger charge is -2.31. The number of aliphatic hydroxyl groups is 1. The lowest BCUT2D eigenvalue weighted by molar-refractivity contribution is -0.122. The summed E-state index contributed by atoms with van der Waals surface area (Å²) in [4.78, 5) is 11.5. The van der Waals surface area contributed by atoms with E-state index in [-0.39, 0.29) is 12.0 Å². The van der Waals surface area contributed by atoms with Crippen molar-refractivity contribution in [1.29, 1.82) is 0 Å². The van der Waals surface area contributed by atoms with Crippen LogP contribution in [-0.2, 0) is 4.79 Å². The van der Waals surface area contributed by atoms with Crippen molar-refractivity contribution < 1.29 is 9.90 Å². The first-order valence-electron chi connectivity index (χ1n) is 5.89. The molecule has 0 radical (unpaired) electrons. The van der Waals surface area contributed by atoms with Gasteiger partial charge in [-0.15, -0.1) is 0 Å². The van der Waals surface area contributed by atoms with Crippen LogP contribution in [0.3, 0.4) is 0 Å². The number of hydrogen-bond acceptors (Lipinski definition) is 3. The van der Waals surface area contributed by atoms with E-state index in [2.05, 4.69) is 10.6 Å². The van der Waals surface area contributed by atoms with E-state index < -0.39 is 0 Å². The van der Waals surface area contributed by atoms with Crippen LogP contribution in [0, 0.1) is 11.8 Å². The molecule has 3 N–H and O–H groups in total. The van der Waals surface area contributed by atoms with Gasteiger partial charge in [-0.1, -0.05) is 0 Å². The Hall–Kier alpha value is -0.610. The molecular formula is C11H20N2O2. The first-order chi connectivity index (χ1) is 7.24. The van der Waals surface area contributed by atoms with E-state index in [0.29, 0.717) is 18.3 Å². The number of carbonyl (C=O) groups is 1. The van der Waals surface area contributed by atoms with Gasteiger partial charge in [0.1, 0.15) is 0 Å². The highest BCUT2D eigenvalue weighted by Gasteiger charge is 2.27. The maximum Gasteiger partial charge on any atom is 0.220 e. The molecule has 86 valence electrons. The molecule has 2 aliphatic rings. The Balaban J connectivity index is 1.56. The van der Waals surface area contributed by atoms with E-state index in [9.17, 15) is 4.79 Å². The van der Waals surface area contributed by atoms with Crippen LogP contribution in [0.15, 0.2) is 0 Å². The summed E-state index contributed by atoms with van der Waals surface area (Å²) in [5, 5.41) is 15.3. The van der Waals surface area contributed by atoms with Gasteiger partial charge in [-0.05, 0) is 44.2 Å². The van der Waals surface area contributed by atoms with Crippen molar-refractivity contribution in [3.8, 4) is 0 Å². The van der Waals surface area contributed by atoms with Gasteiger partial charge in [-0.3, -0.25) is 4.79 Å². The van der Waals surface area contributed by atoms with Crippen LogP contribution in [0.4, 0.5) is 0 Å². The smallest absolute Gasteiger partial charge is 0.220 e. The fourth-order valence-corrected chi connectivity index (χ4v) is 2.35. The van der Waals surface area contributed by atoms with Gasteiger partial charge in [0.15, 0.2) is 0 Å². The Morgan fingerprint density at radius 3 is 2.80 bits per heavy atom. The average molecular weight is 212 g/mol. The number of amides is 1. The molecule has 1 heterocycles. The number of rotatable bonds is 4. The van der Waals surface area contributed by atoms with E-state index >= 15 is 0 Å². The molecule has 0 aromatic heterocycles. The molecule has 1 aliphatic carbocycles. The minimum atomic E-state index is -0.120. The van der Waals surface area contributed by atoms with E-state index in [1.807, 2.05) is 0 Å². The Kier molecular flexibility index (Phi) is 3.59. The highest BCUT2D eigenvalue weighted by atomic mass is 16.3. The quantitative estimate of drug-likeness (QED) is 0.608. The van der Waals surface area contributed by atoms with E-state index in [1.165, 1.54) is 0 Å². The zero-order valence-corrected chi connectivity index (χ0v) is 9.04. The minimum absolute atomic E-state index is 0.120. The predicted molar refractivity (Wildman–Crippen MR) is 57.3 cm³/mol. The fourth-order valence-electron chi connectivity index (χ4n) is 2.35. The van der Waals surface area contributed by atoms with Crippen LogP contribution in [0.1, 0.15) is 25.7 Å². The van der Waals surface area contributed by atoms with Crippen molar-refractivity contribution in [3.63, 3.8) is 0 Å². The van der Waals surface area contributed by atoms with Crippen molar-refractivity contribution in [3.05, 3.63) is 0 Å². The third-order valence-electron chi connectivity index (χ3n) is 3.44. The SMILES string of the molecule is O=C(CC1CCNC1)NCC1CC(O)C1. The standard InChI is InChI=1S/C11H20N2O2/c14-10-3-9(4-10)7-13-11(15)5-8-1-2-12-6-8/h8-10,12,14H,1-7H2,(H,13,15). The summed E-state index contributed by atoms with van der Waals surface area (Å²) in [7, 11) is 0. The first-order valence-corrected chi connectivity index (χ1v) is 5.89. The number of hydrogen-bond donors (Lipinski definition) is 3. The molecule has 0 aromatic rings. The van der Waals surface area contributed by atoms with Gasteiger partial charge >= 0.3 is 0 Å². The molecule has 4 heteroatoms. The van der Waals surface area contributed by atoms with Crippen molar-refractivity contribution in [2.24, 2.45) is 11.8 Å². The van der Waals surface area contributed by atoms with Crippen LogP contribution in [0.5, 0.6) is 0 Å². The predicted octanol–water partition coefficient (Wildman–Crippen LogP) is -0.127. The zero-order valence-electron chi connectivity index (χ0n) is 9.04. The van der Waals surface area contributed by atoms with Gasteiger partial charge in [0.2, 0.25) is 5.91 Å². The molecule has 1 aliphatic heterocycles. The van der Waals surface area contributed by atoms with Gasteiger partial charge in [0, 0.05) is 13.0 Å². The second-order valence-corrected chi connectivity index (χ2v) is 4.86. The average Bonchev–Trinajstić information content (AvgIpc) is 2.63. The highest BCUT2D eigenvalue weighted by molar-refractivity contribution is 5.76. The molecule has 15 heavy (non-hydrogen) atoms. The van der Waals surface area contributed by atoms with Gasteiger partial charge in [-0.2, -0.15) is 0 Å². The summed E-state index contributed by atoms with van der Waals surface area (Å²) in [6.45, 7) is 2.78. The second-order valence-electron chi connectivity index (χ2n) is 4.86. The molecular weight excluding hydrogens is 192 g/mol. The Morgan fingerprint density at radius 1 is 1.40 bits per heavy atom. The van der Waals surface area contributed by atoms with E-state index in [4.69, 9.17) is 5.11 Å². The summed E-state index contributed by atoms with van der Waals surface area (Å²) in [5.41, 5.74) is 0. The lowest BCUT2D eigenvalue weighted by Crippen LogP contribution is -2.38. The summed E-state index contributed by atoms with van der Waals surface area (Å²) >= 11 is 0. The normalized spacial score (nSPS) is 34.9. The Morgan fingerprint density at radius 2 is 2.20 bits per heavy atom. The number of nitrogens with one attached hydrogen (secondary N) is 2. The van der Waals surface area contributed by atoms with Crippen LogP contribution in [0.25, 0.3) is 0 Å². The molecule has 2 rings (SSSR count). The Labute approximate surface area is 90.4 Å². The summed E-state index contributed by atoms with van der Waals surface area (Å²) in [6, 6.07) is 0. The number of aliphatic hydroxyl groups excluding tert-OH is 1. The van der Waals surface area contributed by atoms with Gasteiger partial charge < -0.3 is 15.7 Å². The molecule has 0 aromatic carbocycles. The molecule has 2 fully saturated rings. The lowest BCUT2D eigenvalue weighted by atomic mass is 9.82. The molecule has 1 atom stereocenters. The number of carbonyl (C=O) groups excluding carboxylic acids is 1. The van der Waals surface area contributed by atoms with Gasteiger partial charge in [0.05, 0.1) is 6.10 Å². The summed E-state index contributed by atoms with van der Waals surface area (Å²) in [5.74, 6) is 1.20. The van der Waals surface area contributed by atoms with E-state index in [0.717, 1.165) is 38.9 Å². The molecule has 4 nitrogen and oxygen atoms in total. The van der Waals surface area contributed by atoms with Crippen LogP contribution in [0.2, 0.25) is 0 Å². The van der Waals surface area contributed by atoms with E-state index in [1.54, 1.807) is 0 Å². The molecule has 0 spiro atoms. The second kappa shape index (κ2) is 4.94.